The van der Waals surface area contributed by atoms with E-state index in [9.17, 15) is 10.2 Å². The molecule has 46 heavy (non-hydrogen) atoms. The van der Waals surface area contributed by atoms with Crippen molar-refractivity contribution in [2.75, 3.05) is 13.1 Å². The average Bonchev–Trinajstić information content (AvgIpc) is 3.40. The number of ether oxygens (including phenoxy) is 1. The first-order valence-corrected chi connectivity index (χ1v) is 16.7. The second-order valence-electron chi connectivity index (χ2n) is 12.9. The first-order chi connectivity index (χ1) is 22.5. The Bertz CT molecular complexity index is 1610. The molecule has 3 aromatic rings. The fourth-order valence-corrected chi connectivity index (χ4v) is 7.04. The molecule has 0 bridgehead atoms. The molecular formula is C41H44N2O3. The molecule has 5 nitrogen and oxygen atoms in total. The highest BCUT2D eigenvalue weighted by Crippen LogP contribution is 2.34. The number of allylic oxidation sites excluding steroid dienone is 2. The lowest BCUT2D eigenvalue weighted by molar-refractivity contribution is 0.145. The summed E-state index contributed by atoms with van der Waals surface area (Å²) in [6, 6.07) is 22.6. The molecule has 5 heteroatoms. The summed E-state index contributed by atoms with van der Waals surface area (Å²) < 4.78 is 6.09. The minimum Gasteiger partial charge on any atom is -0.508 e. The Labute approximate surface area is 273 Å². The summed E-state index contributed by atoms with van der Waals surface area (Å²) >= 11 is 0. The van der Waals surface area contributed by atoms with Crippen LogP contribution in [-0.4, -0.2) is 29.3 Å². The van der Waals surface area contributed by atoms with Gasteiger partial charge in [-0.1, -0.05) is 66.7 Å². The summed E-state index contributed by atoms with van der Waals surface area (Å²) in [5.41, 5.74) is 2.17. The minimum atomic E-state index is -1.60. The van der Waals surface area contributed by atoms with Crippen LogP contribution >= 0.6 is 0 Å². The molecule has 0 aromatic heterocycles. The molecule has 1 aliphatic carbocycles. The van der Waals surface area contributed by atoms with Gasteiger partial charge in [-0.15, -0.1) is 6.42 Å². The minimum absolute atomic E-state index is 0.117. The van der Waals surface area contributed by atoms with E-state index in [0.717, 1.165) is 43.5 Å². The highest BCUT2D eigenvalue weighted by molar-refractivity contribution is 5.47. The SMILES string of the molecule is C#CC(O)(c1ccc(O)cc1)c1ccc(Oc2ccc(C3CCC(CCCC4CCC(C5=CCC#CC=C5)NC4)CN3)cc2)cc1. The van der Waals surface area contributed by atoms with Crippen LogP contribution in [0, 0.1) is 36.0 Å². The average molecular weight is 613 g/mol. The van der Waals surface area contributed by atoms with Gasteiger partial charge in [0, 0.05) is 29.6 Å². The summed E-state index contributed by atoms with van der Waals surface area (Å²) in [5.74, 6) is 11.8. The van der Waals surface area contributed by atoms with E-state index in [4.69, 9.17) is 11.2 Å². The predicted molar refractivity (Wildman–Crippen MR) is 184 cm³/mol. The Hall–Kier alpha value is -4.26. The van der Waals surface area contributed by atoms with Crippen molar-refractivity contribution in [2.24, 2.45) is 11.8 Å². The number of nitrogens with one attached hydrogen (secondary N) is 2. The number of hydrogen-bond acceptors (Lipinski definition) is 5. The number of terminal acetylenes is 1. The third kappa shape index (κ3) is 7.75. The Kier molecular flexibility index (Phi) is 10.3. The predicted octanol–water partition coefficient (Wildman–Crippen LogP) is 7.52. The summed E-state index contributed by atoms with van der Waals surface area (Å²) in [4.78, 5) is 0. The van der Waals surface area contributed by atoms with Gasteiger partial charge in [-0.05, 0) is 123 Å². The van der Waals surface area contributed by atoms with Crippen molar-refractivity contribution in [2.45, 2.75) is 69.1 Å². The number of aromatic hydroxyl groups is 1. The molecule has 2 fully saturated rings. The molecule has 5 atom stereocenters. The highest BCUT2D eigenvalue weighted by Gasteiger charge is 2.29. The van der Waals surface area contributed by atoms with Gasteiger partial charge in [-0.2, -0.15) is 0 Å². The lowest BCUT2D eigenvalue weighted by Gasteiger charge is -2.32. The van der Waals surface area contributed by atoms with Crippen LogP contribution in [0.4, 0.5) is 0 Å². The van der Waals surface area contributed by atoms with Crippen LogP contribution in [0.15, 0.2) is 96.6 Å². The van der Waals surface area contributed by atoms with E-state index in [1.807, 2.05) is 18.2 Å². The van der Waals surface area contributed by atoms with Crippen LogP contribution in [-0.2, 0) is 5.60 Å². The molecule has 0 amide bonds. The Morgan fingerprint density at radius 2 is 1.39 bits per heavy atom. The summed E-state index contributed by atoms with van der Waals surface area (Å²) in [7, 11) is 0. The van der Waals surface area contributed by atoms with Gasteiger partial charge in [0.25, 0.3) is 0 Å². The van der Waals surface area contributed by atoms with E-state index >= 15 is 0 Å². The summed E-state index contributed by atoms with van der Waals surface area (Å²) in [6.07, 6.45) is 22.0. The van der Waals surface area contributed by atoms with E-state index in [2.05, 4.69) is 52.7 Å². The molecular weight excluding hydrogens is 568 g/mol. The van der Waals surface area contributed by atoms with Gasteiger partial charge in [0.15, 0.2) is 5.60 Å². The van der Waals surface area contributed by atoms with Crippen LogP contribution < -0.4 is 15.4 Å². The van der Waals surface area contributed by atoms with Gasteiger partial charge >= 0.3 is 0 Å². The second-order valence-corrected chi connectivity index (χ2v) is 12.9. The van der Waals surface area contributed by atoms with Gasteiger partial charge in [0.2, 0.25) is 0 Å². The molecule has 4 N–H and O–H groups in total. The van der Waals surface area contributed by atoms with Crippen molar-refractivity contribution in [3.8, 4) is 41.4 Å². The molecule has 5 unspecified atom stereocenters. The van der Waals surface area contributed by atoms with Gasteiger partial charge in [0.1, 0.15) is 17.2 Å². The number of aliphatic hydroxyl groups is 1. The molecule has 3 aromatic carbocycles. The zero-order chi connectivity index (χ0) is 31.8. The van der Waals surface area contributed by atoms with Crippen molar-refractivity contribution in [3.05, 3.63) is 113 Å². The normalized spacial score (nSPS) is 24.0. The van der Waals surface area contributed by atoms with Gasteiger partial charge in [-0.3, -0.25) is 0 Å². The van der Waals surface area contributed by atoms with E-state index in [1.165, 1.54) is 61.8 Å². The fraction of sp³-hybridized carbons (Fsp3) is 0.366. The molecule has 2 heterocycles. The van der Waals surface area contributed by atoms with Gasteiger partial charge < -0.3 is 25.6 Å². The van der Waals surface area contributed by atoms with Crippen molar-refractivity contribution >= 4 is 0 Å². The topological polar surface area (TPSA) is 73.8 Å². The lowest BCUT2D eigenvalue weighted by atomic mass is 9.84. The quantitative estimate of drug-likeness (QED) is 0.178. The van der Waals surface area contributed by atoms with E-state index in [-0.39, 0.29) is 5.75 Å². The number of benzene rings is 3. The third-order valence-electron chi connectivity index (χ3n) is 9.85. The van der Waals surface area contributed by atoms with Crippen molar-refractivity contribution in [1.82, 2.24) is 10.6 Å². The molecule has 0 spiro atoms. The van der Waals surface area contributed by atoms with Gasteiger partial charge in [0.05, 0.1) is 0 Å². The molecule has 0 radical (unpaired) electrons. The van der Waals surface area contributed by atoms with E-state index < -0.39 is 5.60 Å². The maximum atomic E-state index is 11.2. The maximum absolute atomic E-state index is 11.2. The molecule has 6 rings (SSSR count). The number of rotatable bonds is 10. The Morgan fingerprint density at radius 1 is 0.804 bits per heavy atom. The van der Waals surface area contributed by atoms with Crippen LogP contribution in [0.5, 0.6) is 17.2 Å². The lowest BCUT2D eigenvalue weighted by Crippen LogP contribution is -2.40. The molecule has 3 aliphatic rings. The number of hydrogen-bond donors (Lipinski definition) is 4. The smallest absolute Gasteiger partial charge is 0.176 e. The van der Waals surface area contributed by atoms with Crippen LogP contribution in [0.25, 0.3) is 0 Å². The first-order valence-electron chi connectivity index (χ1n) is 16.7. The van der Waals surface area contributed by atoms with E-state index in [0.29, 0.717) is 29.0 Å². The monoisotopic (exact) mass is 612 g/mol. The van der Waals surface area contributed by atoms with Crippen molar-refractivity contribution in [1.29, 1.82) is 0 Å². The molecule has 2 aliphatic heterocycles. The van der Waals surface area contributed by atoms with Crippen LogP contribution in [0.2, 0.25) is 0 Å². The third-order valence-corrected chi connectivity index (χ3v) is 9.85. The summed E-state index contributed by atoms with van der Waals surface area (Å²) in [5, 5.41) is 28.4. The summed E-state index contributed by atoms with van der Waals surface area (Å²) in [6.45, 7) is 2.21. The van der Waals surface area contributed by atoms with Crippen molar-refractivity contribution < 1.29 is 14.9 Å². The molecule has 2 saturated heterocycles. The van der Waals surface area contributed by atoms with Crippen LogP contribution in [0.3, 0.4) is 0 Å². The number of phenolic OH excluding ortho intramolecular Hbond substituents is 1. The standard InChI is InChI=1S/C41H44N2O3/c1-2-41(45,34-16-20-36(44)21-17-34)35-18-24-38(25-19-35)46-37-22-14-33(15-23-37)40-27-13-31(29-43-40)9-7-8-30-12-26-39(42-28-30)32-10-5-3-4-6-11-32/h1,5,10-11,14-25,30-31,39-40,42-45H,6-9,12-13,26-29H2. The second kappa shape index (κ2) is 14.9. The molecule has 0 saturated carbocycles. The van der Waals surface area contributed by atoms with Crippen molar-refractivity contribution in [3.63, 3.8) is 0 Å². The zero-order valence-electron chi connectivity index (χ0n) is 26.4. The molecule has 236 valence electrons. The highest BCUT2D eigenvalue weighted by atomic mass is 16.5. The zero-order valence-corrected chi connectivity index (χ0v) is 26.4. The maximum Gasteiger partial charge on any atom is 0.176 e. The number of phenols is 1. The van der Waals surface area contributed by atoms with Crippen LogP contribution in [0.1, 0.15) is 74.1 Å². The van der Waals surface area contributed by atoms with Gasteiger partial charge in [-0.25, -0.2) is 0 Å². The first kappa shape index (κ1) is 31.7. The Morgan fingerprint density at radius 3 is 1.98 bits per heavy atom. The van der Waals surface area contributed by atoms with E-state index in [1.54, 1.807) is 36.4 Å². The fourth-order valence-electron chi connectivity index (χ4n) is 7.04. The number of piperidine rings is 2. The Balaban J connectivity index is 0.920. The largest absolute Gasteiger partial charge is 0.508 e.